The van der Waals surface area contributed by atoms with Crippen molar-refractivity contribution in [1.82, 2.24) is 14.7 Å². The molecule has 26 heavy (non-hydrogen) atoms. The second kappa shape index (κ2) is 6.72. The van der Waals surface area contributed by atoms with Crippen LogP contribution in [-0.2, 0) is 4.74 Å². The van der Waals surface area contributed by atoms with E-state index >= 15 is 0 Å². The average Bonchev–Trinajstić information content (AvgIpc) is 3.40. The SMILES string of the molecule is Cc1cc(C)n(-c2ccc(NC(=O)N3CCOCC3C3CC3)cc2F)n1. The monoisotopic (exact) mass is 358 g/mol. The number of anilines is 1. The van der Waals surface area contributed by atoms with Crippen molar-refractivity contribution in [1.29, 1.82) is 0 Å². The predicted molar refractivity (Wildman–Crippen MR) is 96.1 cm³/mol. The van der Waals surface area contributed by atoms with Gasteiger partial charge in [-0.2, -0.15) is 5.10 Å². The number of carbonyl (C=O) groups excluding carboxylic acids is 1. The third-order valence-corrected chi connectivity index (χ3v) is 5.03. The Bertz CT molecular complexity index is 831. The number of halogens is 1. The van der Waals surface area contributed by atoms with Crippen molar-refractivity contribution in [3.8, 4) is 5.69 Å². The normalized spacial score (nSPS) is 20.3. The molecule has 1 N–H and O–H groups in total. The summed E-state index contributed by atoms with van der Waals surface area (Å²) < 4.78 is 21.7. The number of hydrogen-bond acceptors (Lipinski definition) is 3. The van der Waals surface area contributed by atoms with Crippen molar-refractivity contribution in [2.75, 3.05) is 25.1 Å². The van der Waals surface area contributed by atoms with Gasteiger partial charge in [0.15, 0.2) is 5.82 Å². The van der Waals surface area contributed by atoms with Crippen LogP contribution in [0.4, 0.5) is 14.9 Å². The molecule has 0 bridgehead atoms. The molecule has 1 saturated carbocycles. The van der Waals surface area contributed by atoms with Gasteiger partial charge in [-0.15, -0.1) is 0 Å². The van der Waals surface area contributed by atoms with E-state index in [1.54, 1.807) is 16.8 Å². The number of amides is 2. The molecule has 1 aliphatic heterocycles. The average molecular weight is 358 g/mol. The molecule has 2 amide bonds. The number of benzene rings is 1. The minimum atomic E-state index is -0.422. The molecule has 0 radical (unpaired) electrons. The largest absolute Gasteiger partial charge is 0.377 e. The van der Waals surface area contributed by atoms with E-state index in [-0.39, 0.29) is 12.1 Å². The molecule has 6 nitrogen and oxygen atoms in total. The Morgan fingerprint density at radius 1 is 1.31 bits per heavy atom. The van der Waals surface area contributed by atoms with Gasteiger partial charge in [0.2, 0.25) is 0 Å². The summed E-state index contributed by atoms with van der Waals surface area (Å²) in [6.45, 7) is 5.45. The topological polar surface area (TPSA) is 59.4 Å². The van der Waals surface area contributed by atoms with E-state index in [1.807, 2.05) is 24.8 Å². The molecule has 4 rings (SSSR count). The lowest BCUT2D eigenvalue weighted by Crippen LogP contribution is -2.51. The van der Waals surface area contributed by atoms with Crippen LogP contribution < -0.4 is 5.32 Å². The summed E-state index contributed by atoms with van der Waals surface area (Å²) in [7, 11) is 0. The number of aryl methyl sites for hydroxylation is 2. The Morgan fingerprint density at radius 2 is 2.12 bits per heavy atom. The molecule has 2 aliphatic rings. The highest BCUT2D eigenvalue weighted by Gasteiger charge is 2.39. The number of carbonyl (C=O) groups is 1. The number of nitrogens with zero attached hydrogens (tertiary/aromatic N) is 3. The first-order chi connectivity index (χ1) is 12.5. The first-order valence-corrected chi connectivity index (χ1v) is 9.01. The van der Waals surface area contributed by atoms with Crippen molar-refractivity contribution in [2.45, 2.75) is 32.7 Å². The molecular formula is C19H23FN4O2. The van der Waals surface area contributed by atoms with Crippen molar-refractivity contribution in [3.05, 3.63) is 41.5 Å². The summed E-state index contributed by atoms with van der Waals surface area (Å²) in [5.41, 5.74) is 2.51. The molecule has 1 aliphatic carbocycles. The zero-order valence-electron chi connectivity index (χ0n) is 15.0. The Morgan fingerprint density at radius 3 is 2.77 bits per heavy atom. The zero-order chi connectivity index (χ0) is 18.3. The standard InChI is InChI=1S/C19H23FN4O2/c1-12-9-13(2)24(22-12)17-6-5-15(10-16(17)20)21-19(25)23-7-8-26-11-18(23)14-3-4-14/h5-6,9-10,14,18H,3-4,7-8,11H2,1-2H3,(H,21,25). The second-order valence-electron chi connectivity index (χ2n) is 7.11. The van der Waals surface area contributed by atoms with Crippen molar-refractivity contribution >= 4 is 11.7 Å². The van der Waals surface area contributed by atoms with Crippen LogP contribution >= 0.6 is 0 Å². The summed E-state index contributed by atoms with van der Waals surface area (Å²) in [6, 6.07) is 6.52. The number of aromatic nitrogens is 2. The highest BCUT2D eigenvalue weighted by Crippen LogP contribution is 2.36. The third-order valence-electron chi connectivity index (χ3n) is 5.03. The molecular weight excluding hydrogens is 335 g/mol. The van der Waals surface area contributed by atoms with Crippen LogP contribution in [0.5, 0.6) is 0 Å². The summed E-state index contributed by atoms with van der Waals surface area (Å²) in [4.78, 5) is 14.5. The van der Waals surface area contributed by atoms with Gasteiger partial charge in [-0.1, -0.05) is 0 Å². The van der Waals surface area contributed by atoms with Crippen LogP contribution in [0.3, 0.4) is 0 Å². The molecule has 0 spiro atoms. The first-order valence-electron chi connectivity index (χ1n) is 9.01. The van der Waals surface area contributed by atoms with Crippen molar-refractivity contribution in [3.63, 3.8) is 0 Å². The maximum Gasteiger partial charge on any atom is 0.322 e. The molecule has 2 fully saturated rings. The Hall–Kier alpha value is -2.41. The van der Waals surface area contributed by atoms with E-state index in [4.69, 9.17) is 4.74 Å². The molecule has 7 heteroatoms. The van der Waals surface area contributed by atoms with Crippen LogP contribution in [-0.4, -0.2) is 46.5 Å². The fraction of sp³-hybridized carbons (Fsp3) is 0.474. The van der Waals surface area contributed by atoms with E-state index in [2.05, 4.69) is 10.4 Å². The fourth-order valence-electron chi connectivity index (χ4n) is 3.57. The van der Waals surface area contributed by atoms with Gasteiger partial charge in [0, 0.05) is 17.9 Å². The Balaban J connectivity index is 1.50. The minimum Gasteiger partial charge on any atom is -0.377 e. The van der Waals surface area contributed by atoms with Crippen LogP contribution in [0.1, 0.15) is 24.2 Å². The fourth-order valence-corrected chi connectivity index (χ4v) is 3.57. The van der Waals surface area contributed by atoms with Crippen LogP contribution in [0, 0.1) is 25.6 Å². The molecule has 1 atom stereocenters. The van der Waals surface area contributed by atoms with Gasteiger partial charge in [0.25, 0.3) is 0 Å². The summed E-state index contributed by atoms with van der Waals surface area (Å²) in [5, 5.41) is 7.13. The van der Waals surface area contributed by atoms with E-state index < -0.39 is 5.82 Å². The number of urea groups is 1. The highest BCUT2D eigenvalue weighted by molar-refractivity contribution is 5.89. The number of ether oxygens (including phenoxy) is 1. The number of rotatable bonds is 3. The lowest BCUT2D eigenvalue weighted by Gasteiger charge is -2.35. The highest BCUT2D eigenvalue weighted by atomic mass is 19.1. The van der Waals surface area contributed by atoms with Crippen molar-refractivity contribution < 1.29 is 13.9 Å². The maximum absolute atomic E-state index is 14.6. The van der Waals surface area contributed by atoms with Gasteiger partial charge in [-0.05, 0) is 56.9 Å². The second-order valence-corrected chi connectivity index (χ2v) is 7.11. The maximum atomic E-state index is 14.6. The first kappa shape index (κ1) is 17.0. The molecule has 2 aromatic rings. The van der Waals surface area contributed by atoms with Gasteiger partial charge in [0.05, 0.1) is 24.9 Å². The number of hydrogen-bond donors (Lipinski definition) is 1. The van der Waals surface area contributed by atoms with Crippen LogP contribution in [0.25, 0.3) is 5.69 Å². The van der Waals surface area contributed by atoms with Gasteiger partial charge in [-0.25, -0.2) is 13.9 Å². The molecule has 1 unspecified atom stereocenters. The molecule has 1 saturated heterocycles. The molecule has 1 aromatic carbocycles. The Labute approximate surface area is 151 Å². The lowest BCUT2D eigenvalue weighted by molar-refractivity contribution is 0.00773. The predicted octanol–water partition coefficient (Wildman–Crippen LogP) is 3.27. The van der Waals surface area contributed by atoms with Gasteiger partial charge >= 0.3 is 6.03 Å². The van der Waals surface area contributed by atoms with E-state index in [0.717, 1.165) is 24.2 Å². The molecule has 1 aromatic heterocycles. The van der Waals surface area contributed by atoms with Gasteiger partial charge in [-0.3, -0.25) is 0 Å². The number of morpholine rings is 1. The van der Waals surface area contributed by atoms with Crippen LogP contribution in [0.2, 0.25) is 0 Å². The number of nitrogens with one attached hydrogen (secondary N) is 1. The van der Waals surface area contributed by atoms with Crippen LogP contribution in [0.15, 0.2) is 24.3 Å². The smallest absolute Gasteiger partial charge is 0.322 e. The molecule has 138 valence electrons. The third kappa shape index (κ3) is 3.31. The lowest BCUT2D eigenvalue weighted by atomic mass is 10.1. The quantitative estimate of drug-likeness (QED) is 0.916. The van der Waals surface area contributed by atoms with E-state index in [1.165, 1.54) is 6.07 Å². The molecule has 2 heterocycles. The minimum absolute atomic E-state index is 0.127. The van der Waals surface area contributed by atoms with E-state index in [9.17, 15) is 9.18 Å². The summed E-state index contributed by atoms with van der Waals surface area (Å²) in [5.74, 6) is 0.112. The Kier molecular flexibility index (Phi) is 4.40. The van der Waals surface area contributed by atoms with E-state index in [0.29, 0.717) is 37.1 Å². The summed E-state index contributed by atoms with van der Waals surface area (Å²) in [6.07, 6.45) is 2.29. The zero-order valence-corrected chi connectivity index (χ0v) is 15.0. The van der Waals surface area contributed by atoms with Crippen molar-refractivity contribution in [2.24, 2.45) is 5.92 Å². The van der Waals surface area contributed by atoms with Gasteiger partial charge < -0.3 is 15.0 Å². The summed E-state index contributed by atoms with van der Waals surface area (Å²) >= 11 is 0. The van der Waals surface area contributed by atoms with Gasteiger partial charge in [0.1, 0.15) is 5.69 Å².